The van der Waals surface area contributed by atoms with Crippen LogP contribution >= 0.6 is 0 Å². The lowest BCUT2D eigenvalue weighted by molar-refractivity contribution is 0.0920. The van der Waals surface area contributed by atoms with Gasteiger partial charge in [0.2, 0.25) is 0 Å². The molecule has 0 aliphatic heterocycles. The molecule has 0 spiro atoms. The highest BCUT2D eigenvalue weighted by Crippen LogP contribution is 2.19. The van der Waals surface area contributed by atoms with Gasteiger partial charge in [0, 0.05) is 17.2 Å². The molecule has 2 N–H and O–H groups in total. The second-order valence-electron chi connectivity index (χ2n) is 4.89. The van der Waals surface area contributed by atoms with Gasteiger partial charge in [0.25, 0.3) is 5.91 Å². The second-order valence-corrected chi connectivity index (χ2v) is 4.89. The molecule has 0 atom stereocenters. The molecule has 2 rings (SSSR count). The van der Waals surface area contributed by atoms with Crippen LogP contribution < -0.4 is 10.5 Å². The summed E-state index contributed by atoms with van der Waals surface area (Å²) in [5.41, 5.74) is 0.869. The summed E-state index contributed by atoms with van der Waals surface area (Å²) >= 11 is 0. The molecule has 1 aromatic rings. The van der Waals surface area contributed by atoms with Crippen LogP contribution in [0.1, 0.15) is 46.4 Å². The van der Waals surface area contributed by atoms with Gasteiger partial charge in [-0.25, -0.2) is 0 Å². The summed E-state index contributed by atoms with van der Waals surface area (Å²) in [5, 5.41) is 5.76. The first-order valence-electron chi connectivity index (χ1n) is 6.55. The van der Waals surface area contributed by atoms with Crippen LogP contribution in [-0.4, -0.2) is 32.3 Å². The zero-order valence-electron chi connectivity index (χ0n) is 10.8. The Morgan fingerprint density at radius 3 is 2.42 bits per heavy atom. The van der Waals surface area contributed by atoms with E-state index in [0.717, 1.165) is 25.7 Å². The van der Waals surface area contributed by atoms with E-state index in [1.807, 2.05) is 0 Å². The van der Waals surface area contributed by atoms with Crippen LogP contribution in [0, 0.1) is 0 Å². The Hall–Kier alpha value is -1.62. The summed E-state index contributed by atoms with van der Waals surface area (Å²) in [7, 11) is 5.40. The van der Waals surface area contributed by atoms with E-state index in [1.165, 1.54) is 0 Å². The number of aldehydes is 1. The van der Waals surface area contributed by atoms with E-state index in [1.54, 1.807) is 24.3 Å². The molecule has 19 heavy (non-hydrogen) atoms. The number of amides is 1. The molecule has 1 aromatic carbocycles. The van der Waals surface area contributed by atoms with Crippen molar-refractivity contribution in [3.63, 3.8) is 0 Å². The van der Waals surface area contributed by atoms with Gasteiger partial charge in [0.05, 0.1) is 0 Å². The Morgan fingerprint density at radius 1 is 1.16 bits per heavy atom. The van der Waals surface area contributed by atoms with E-state index in [0.29, 0.717) is 23.5 Å². The molecule has 0 heterocycles. The third kappa shape index (κ3) is 3.44. The van der Waals surface area contributed by atoms with Crippen molar-refractivity contribution in [2.24, 2.45) is 0 Å². The fourth-order valence-electron chi connectivity index (χ4n) is 2.47. The summed E-state index contributed by atoms with van der Waals surface area (Å²) in [6, 6.07) is 7.34. The van der Waals surface area contributed by atoms with Gasteiger partial charge in [-0.3, -0.25) is 9.59 Å². The molecule has 1 aliphatic rings. The van der Waals surface area contributed by atoms with Crippen molar-refractivity contribution in [3.8, 4) is 0 Å². The largest absolute Gasteiger partial charge is 0.364 e. The number of carbonyl (C=O) groups is 2. The average molecular weight is 256 g/mol. The van der Waals surface area contributed by atoms with Crippen molar-refractivity contribution < 1.29 is 9.59 Å². The minimum Gasteiger partial charge on any atom is -0.364 e. The highest BCUT2D eigenvalue weighted by molar-refractivity contribution is 6.04. The summed E-state index contributed by atoms with van der Waals surface area (Å²) in [4.78, 5) is 23.0. The smallest absolute Gasteiger partial charge is 0.252 e. The Labute approximate surface area is 114 Å². The van der Waals surface area contributed by atoms with Crippen LogP contribution in [0.25, 0.3) is 0 Å². The number of carbonyl (C=O) groups excluding carboxylic acids is 2. The van der Waals surface area contributed by atoms with E-state index in [9.17, 15) is 9.59 Å². The van der Waals surface area contributed by atoms with Gasteiger partial charge >= 0.3 is 0 Å². The number of nitrogens with one attached hydrogen (secondary N) is 2. The molecular formula is C14H17BN2O2. The average Bonchev–Trinajstić information content (AvgIpc) is 2.48. The molecule has 2 radical (unpaired) electrons. The predicted octanol–water partition coefficient (Wildman–Crippen LogP) is 1.21. The Morgan fingerprint density at radius 2 is 1.79 bits per heavy atom. The van der Waals surface area contributed by atoms with E-state index < -0.39 is 0 Å². The monoisotopic (exact) mass is 256 g/mol. The molecule has 0 aromatic heterocycles. The van der Waals surface area contributed by atoms with E-state index in [4.69, 9.17) is 7.98 Å². The molecule has 0 unspecified atom stereocenters. The molecule has 1 amide bonds. The minimum atomic E-state index is -0.174. The highest BCUT2D eigenvalue weighted by atomic mass is 16.2. The number of hydrogen-bond donors (Lipinski definition) is 2. The molecule has 1 saturated carbocycles. The van der Waals surface area contributed by atoms with E-state index in [2.05, 4.69) is 10.5 Å². The Balaban J connectivity index is 1.96. The van der Waals surface area contributed by atoms with E-state index in [-0.39, 0.29) is 11.9 Å². The fraction of sp³-hybridized carbons (Fsp3) is 0.429. The lowest BCUT2D eigenvalue weighted by Crippen LogP contribution is -2.41. The quantitative estimate of drug-likeness (QED) is 0.629. The molecule has 98 valence electrons. The highest BCUT2D eigenvalue weighted by Gasteiger charge is 2.22. The third-order valence-electron chi connectivity index (χ3n) is 3.63. The molecule has 0 bridgehead atoms. The van der Waals surface area contributed by atoms with Crippen molar-refractivity contribution in [1.29, 1.82) is 0 Å². The van der Waals surface area contributed by atoms with Crippen LogP contribution in [0.4, 0.5) is 0 Å². The molecule has 1 aliphatic carbocycles. The number of benzene rings is 1. The zero-order chi connectivity index (χ0) is 13.7. The maximum Gasteiger partial charge on any atom is 0.252 e. The third-order valence-corrected chi connectivity index (χ3v) is 3.63. The maximum absolute atomic E-state index is 12.1. The van der Waals surface area contributed by atoms with Gasteiger partial charge < -0.3 is 10.5 Å². The van der Waals surface area contributed by atoms with Crippen LogP contribution in [0.15, 0.2) is 24.3 Å². The minimum absolute atomic E-state index is 0.164. The molecule has 5 heteroatoms. The standard InChI is InChI=1S/C14H17BN2O2/c15-17-12-7-5-11(6-8-12)16-14(19)13-4-2-1-3-10(13)9-18/h1-4,9,11-12,17H,5-8H2,(H,16,19). The predicted molar refractivity (Wildman–Crippen MR) is 74.2 cm³/mol. The topological polar surface area (TPSA) is 58.2 Å². The summed E-state index contributed by atoms with van der Waals surface area (Å²) in [5.74, 6) is -0.174. The Bertz CT molecular complexity index is 457. The first-order valence-corrected chi connectivity index (χ1v) is 6.55. The lowest BCUT2D eigenvalue weighted by Gasteiger charge is -2.29. The molecular weight excluding hydrogens is 239 g/mol. The van der Waals surface area contributed by atoms with Gasteiger partial charge in [0.15, 0.2) is 14.3 Å². The van der Waals surface area contributed by atoms with Crippen molar-refractivity contribution in [2.45, 2.75) is 37.8 Å². The SMILES string of the molecule is [B]NC1CCC(NC(=O)c2ccccc2C=O)CC1. The summed E-state index contributed by atoms with van der Waals surface area (Å²) < 4.78 is 0. The zero-order valence-corrected chi connectivity index (χ0v) is 10.8. The number of rotatable bonds is 4. The summed E-state index contributed by atoms with van der Waals surface area (Å²) in [6.07, 6.45) is 4.44. The first-order chi connectivity index (χ1) is 9.24. The normalized spacial score (nSPS) is 22.7. The van der Waals surface area contributed by atoms with Crippen molar-refractivity contribution in [1.82, 2.24) is 10.5 Å². The van der Waals surface area contributed by atoms with Gasteiger partial charge in [-0.1, -0.05) is 18.2 Å². The first kappa shape index (κ1) is 13.8. The van der Waals surface area contributed by atoms with Crippen LogP contribution in [0.3, 0.4) is 0 Å². The summed E-state index contributed by atoms with van der Waals surface area (Å²) in [6.45, 7) is 0. The van der Waals surface area contributed by atoms with Gasteiger partial charge in [-0.05, 0) is 37.8 Å². The van der Waals surface area contributed by atoms with Gasteiger partial charge in [-0.15, -0.1) is 0 Å². The number of hydrogen-bond acceptors (Lipinski definition) is 3. The second kappa shape index (κ2) is 6.52. The van der Waals surface area contributed by atoms with Gasteiger partial charge in [0.1, 0.15) is 0 Å². The molecule has 1 fully saturated rings. The van der Waals surface area contributed by atoms with Crippen LogP contribution in [0.5, 0.6) is 0 Å². The molecule has 0 saturated heterocycles. The maximum atomic E-state index is 12.1. The van der Waals surface area contributed by atoms with Crippen molar-refractivity contribution >= 4 is 20.2 Å². The molecule has 4 nitrogen and oxygen atoms in total. The Kier molecular flexibility index (Phi) is 4.74. The van der Waals surface area contributed by atoms with Crippen LogP contribution in [0.2, 0.25) is 0 Å². The van der Waals surface area contributed by atoms with Gasteiger partial charge in [-0.2, -0.15) is 0 Å². The lowest BCUT2D eigenvalue weighted by atomic mass is 9.90. The van der Waals surface area contributed by atoms with Crippen molar-refractivity contribution in [3.05, 3.63) is 35.4 Å². The van der Waals surface area contributed by atoms with Crippen LogP contribution in [-0.2, 0) is 0 Å². The van der Waals surface area contributed by atoms with Crippen molar-refractivity contribution in [2.75, 3.05) is 0 Å². The fourth-order valence-corrected chi connectivity index (χ4v) is 2.47. The van der Waals surface area contributed by atoms with E-state index >= 15 is 0 Å².